The first-order valence-electron chi connectivity index (χ1n) is 10.7. The zero-order valence-corrected chi connectivity index (χ0v) is 18.1. The van der Waals surface area contributed by atoms with Crippen molar-refractivity contribution in [3.63, 3.8) is 0 Å². The lowest BCUT2D eigenvalue weighted by molar-refractivity contribution is -0.131. The molecule has 1 fully saturated rings. The van der Waals surface area contributed by atoms with Crippen LogP contribution in [0.1, 0.15) is 57.7 Å². The number of aliphatic hydroxyl groups is 2. The average molecular weight is 437 g/mol. The maximum atomic E-state index is 12.6. The molecule has 0 spiro atoms. The van der Waals surface area contributed by atoms with E-state index >= 15 is 0 Å². The van der Waals surface area contributed by atoms with E-state index in [0.717, 1.165) is 44.8 Å². The van der Waals surface area contributed by atoms with E-state index in [1.54, 1.807) is 6.34 Å². The first kappa shape index (κ1) is 24.7. The molecular formula is C21H32N4O6. The molecule has 0 bridgehead atoms. The highest BCUT2D eigenvalue weighted by Gasteiger charge is 2.35. The van der Waals surface area contributed by atoms with Crippen molar-refractivity contribution in [2.75, 3.05) is 19.7 Å². The number of aliphatic carboxylic acids is 1. The van der Waals surface area contributed by atoms with Crippen LogP contribution in [0.5, 0.6) is 0 Å². The molecule has 3 N–H and O–H groups in total. The van der Waals surface area contributed by atoms with Crippen LogP contribution in [0.3, 0.4) is 0 Å². The molecule has 0 radical (unpaired) electrons. The Kier molecular flexibility index (Phi) is 9.83. The quantitative estimate of drug-likeness (QED) is 0.255. The van der Waals surface area contributed by atoms with E-state index in [0.29, 0.717) is 5.56 Å². The van der Waals surface area contributed by atoms with Crippen LogP contribution in [0.4, 0.5) is 5.82 Å². The van der Waals surface area contributed by atoms with Gasteiger partial charge in [-0.3, -0.25) is 4.57 Å². The number of carbonyl (C=O) groups is 1. The summed E-state index contributed by atoms with van der Waals surface area (Å²) >= 11 is 0. The minimum absolute atomic E-state index is 0.106. The molecule has 0 aliphatic carbocycles. The molecule has 10 nitrogen and oxygen atoms in total. The number of hydrogen-bond donors (Lipinski definition) is 3. The molecule has 10 heteroatoms. The summed E-state index contributed by atoms with van der Waals surface area (Å²) < 4.78 is 6.72. The molecule has 2 rings (SSSR count). The summed E-state index contributed by atoms with van der Waals surface area (Å²) in [6, 6.07) is 0. The monoisotopic (exact) mass is 436 g/mol. The van der Waals surface area contributed by atoms with Gasteiger partial charge in [0.1, 0.15) is 12.3 Å². The fourth-order valence-electron chi connectivity index (χ4n) is 3.20. The van der Waals surface area contributed by atoms with Crippen molar-refractivity contribution in [3.8, 4) is 0 Å². The molecule has 2 heterocycles. The molecule has 1 aromatic heterocycles. The van der Waals surface area contributed by atoms with E-state index in [2.05, 4.69) is 28.7 Å². The van der Waals surface area contributed by atoms with E-state index in [4.69, 9.17) is 9.84 Å². The van der Waals surface area contributed by atoms with Gasteiger partial charge in [0.05, 0.1) is 19.0 Å². The zero-order valence-electron chi connectivity index (χ0n) is 18.1. The van der Waals surface area contributed by atoms with Crippen LogP contribution in [0, 0.1) is 0 Å². The molecule has 172 valence electrons. The van der Waals surface area contributed by atoms with Gasteiger partial charge in [-0.25, -0.2) is 14.6 Å². The standard InChI is InChI=1S/C21H32N4O6/c1-3-5-9-24(10-6-4-2)14-22-20-15(7-8-19(28)29)12-25(21(30)23-20)18-11-16(27)17(13-26)31-18/h7-8,12,14,16-18,26-27H,3-6,9-11,13H2,1-2H3,(H,28,29)/b8-7+,22-14-/t16-,17-,18-/m1/s1. The lowest BCUT2D eigenvalue weighted by Gasteiger charge is -2.19. The molecule has 31 heavy (non-hydrogen) atoms. The fraction of sp³-hybridized carbons (Fsp3) is 0.619. The van der Waals surface area contributed by atoms with Gasteiger partial charge in [0, 0.05) is 37.3 Å². The van der Waals surface area contributed by atoms with Gasteiger partial charge in [0.15, 0.2) is 5.82 Å². The number of carboxylic acids is 1. The molecule has 1 saturated heterocycles. The summed E-state index contributed by atoms with van der Waals surface area (Å²) in [5.74, 6) is -1.04. The van der Waals surface area contributed by atoms with Crippen LogP contribution >= 0.6 is 0 Å². The normalized spacial score (nSPS) is 21.4. The van der Waals surface area contributed by atoms with Crippen molar-refractivity contribution in [3.05, 3.63) is 28.3 Å². The highest BCUT2D eigenvalue weighted by Crippen LogP contribution is 2.28. The number of ether oxygens (including phenoxy) is 1. The third kappa shape index (κ3) is 7.27. The molecule has 0 saturated carbocycles. The van der Waals surface area contributed by atoms with Gasteiger partial charge in [0.2, 0.25) is 0 Å². The van der Waals surface area contributed by atoms with Crippen molar-refractivity contribution in [2.24, 2.45) is 4.99 Å². The summed E-state index contributed by atoms with van der Waals surface area (Å²) in [7, 11) is 0. The van der Waals surface area contributed by atoms with E-state index in [1.807, 2.05) is 0 Å². The zero-order chi connectivity index (χ0) is 22.8. The van der Waals surface area contributed by atoms with Crippen LogP contribution in [-0.2, 0) is 9.53 Å². The molecule has 0 aromatic carbocycles. The van der Waals surface area contributed by atoms with E-state index in [9.17, 15) is 19.8 Å². The third-order valence-electron chi connectivity index (χ3n) is 5.00. The van der Waals surface area contributed by atoms with Crippen LogP contribution in [-0.4, -0.2) is 74.0 Å². The number of rotatable bonds is 12. The van der Waals surface area contributed by atoms with Crippen LogP contribution in [0.15, 0.2) is 22.1 Å². The van der Waals surface area contributed by atoms with Gasteiger partial charge >= 0.3 is 11.7 Å². The number of nitrogens with zero attached hydrogens (tertiary/aromatic N) is 4. The number of carboxylic acid groups (broad SMARTS) is 1. The highest BCUT2D eigenvalue weighted by atomic mass is 16.5. The molecular weight excluding hydrogens is 404 g/mol. The molecule has 1 aromatic rings. The Hall–Kier alpha value is -2.56. The first-order valence-corrected chi connectivity index (χ1v) is 10.7. The third-order valence-corrected chi connectivity index (χ3v) is 5.00. The van der Waals surface area contributed by atoms with Crippen molar-refractivity contribution < 1.29 is 24.9 Å². The Morgan fingerprint density at radius 1 is 1.35 bits per heavy atom. The number of aliphatic imine (C=N–C) groups is 1. The maximum Gasteiger partial charge on any atom is 0.351 e. The SMILES string of the molecule is CCCCN(/C=N\c1nc(=O)n([C@H]2C[C@@H](O)[C@@H](CO)O2)cc1/C=C/C(=O)O)CCCC. The van der Waals surface area contributed by atoms with Crippen LogP contribution in [0.25, 0.3) is 6.08 Å². The van der Waals surface area contributed by atoms with Gasteiger partial charge in [-0.15, -0.1) is 0 Å². The van der Waals surface area contributed by atoms with Crippen molar-refractivity contribution in [1.82, 2.24) is 14.5 Å². The number of aliphatic hydroxyl groups excluding tert-OH is 2. The molecule has 0 unspecified atom stereocenters. The Bertz CT molecular complexity index is 830. The van der Waals surface area contributed by atoms with E-state index in [1.165, 1.54) is 16.8 Å². The summed E-state index contributed by atoms with van der Waals surface area (Å²) in [5.41, 5.74) is -0.307. The van der Waals surface area contributed by atoms with E-state index < -0.39 is 30.1 Å². The van der Waals surface area contributed by atoms with Crippen LogP contribution in [0.2, 0.25) is 0 Å². The number of aromatic nitrogens is 2. The topological polar surface area (TPSA) is 137 Å². The van der Waals surface area contributed by atoms with Crippen molar-refractivity contribution in [2.45, 2.75) is 64.4 Å². The van der Waals surface area contributed by atoms with E-state index in [-0.39, 0.29) is 18.8 Å². The highest BCUT2D eigenvalue weighted by molar-refractivity contribution is 5.86. The summed E-state index contributed by atoms with van der Waals surface area (Å²) in [6.45, 7) is 5.49. The summed E-state index contributed by atoms with van der Waals surface area (Å²) in [6.07, 6.45) is 7.00. The molecule has 3 atom stereocenters. The second kappa shape index (κ2) is 12.3. The maximum absolute atomic E-state index is 12.6. The Morgan fingerprint density at radius 3 is 2.58 bits per heavy atom. The largest absolute Gasteiger partial charge is 0.478 e. The smallest absolute Gasteiger partial charge is 0.351 e. The fourth-order valence-corrected chi connectivity index (χ4v) is 3.20. The lowest BCUT2D eigenvalue weighted by Crippen LogP contribution is -2.28. The van der Waals surface area contributed by atoms with Crippen molar-refractivity contribution in [1.29, 1.82) is 0 Å². The molecule has 0 amide bonds. The van der Waals surface area contributed by atoms with Gasteiger partial charge in [-0.1, -0.05) is 26.7 Å². The number of hydrogen-bond acceptors (Lipinski definition) is 7. The lowest BCUT2D eigenvalue weighted by atomic mass is 10.2. The minimum Gasteiger partial charge on any atom is -0.478 e. The average Bonchev–Trinajstić information content (AvgIpc) is 3.12. The minimum atomic E-state index is -1.15. The number of unbranched alkanes of at least 4 members (excludes halogenated alkanes) is 2. The molecule has 1 aliphatic heterocycles. The Labute approximate surface area is 181 Å². The second-order valence-corrected chi connectivity index (χ2v) is 7.48. The van der Waals surface area contributed by atoms with Gasteiger partial charge < -0.3 is 25.0 Å². The van der Waals surface area contributed by atoms with Crippen LogP contribution < -0.4 is 5.69 Å². The predicted molar refractivity (Wildman–Crippen MR) is 116 cm³/mol. The van der Waals surface area contributed by atoms with Crippen molar-refractivity contribution >= 4 is 24.2 Å². The predicted octanol–water partition coefficient (Wildman–Crippen LogP) is 1.54. The van der Waals surface area contributed by atoms with Gasteiger partial charge in [0.25, 0.3) is 0 Å². The van der Waals surface area contributed by atoms with Gasteiger partial charge in [-0.2, -0.15) is 4.98 Å². The Balaban J connectivity index is 2.36. The molecule has 1 aliphatic rings. The Morgan fingerprint density at radius 2 is 2.03 bits per heavy atom. The van der Waals surface area contributed by atoms with Gasteiger partial charge in [-0.05, 0) is 18.9 Å². The summed E-state index contributed by atoms with van der Waals surface area (Å²) in [5, 5.41) is 28.2. The first-order chi connectivity index (χ1) is 14.9. The second-order valence-electron chi connectivity index (χ2n) is 7.48. The summed E-state index contributed by atoms with van der Waals surface area (Å²) in [4.78, 5) is 34.1.